The third kappa shape index (κ3) is 4.76. The third-order valence-corrected chi connectivity index (χ3v) is 6.92. The van der Waals surface area contributed by atoms with Crippen LogP contribution in [-0.2, 0) is 10.0 Å². The number of benzene rings is 2. The van der Waals surface area contributed by atoms with Gasteiger partial charge in [-0.15, -0.1) is 0 Å². The summed E-state index contributed by atoms with van der Waals surface area (Å²) in [5.74, 6) is -0.547. The van der Waals surface area contributed by atoms with Crippen molar-refractivity contribution in [3.63, 3.8) is 0 Å². The van der Waals surface area contributed by atoms with Crippen LogP contribution in [0.5, 0.6) is 0 Å². The van der Waals surface area contributed by atoms with Crippen LogP contribution in [0.25, 0.3) is 0 Å². The monoisotopic (exact) mass is 446 g/mol. The fourth-order valence-corrected chi connectivity index (χ4v) is 5.19. The normalized spacial score (nSPS) is 15.5. The van der Waals surface area contributed by atoms with E-state index in [2.05, 4.69) is 5.32 Å². The molecule has 0 spiro atoms. The predicted molar refractivity (Wildman–Crippen MR) is 108 cm³/mol. The first-order chi connectivity index (χ1) is 12.8. The molecule has 9 heteroatoms. The minimum absolute atomic E-state index is 0.0445. The number of nitrogens with zero attached hydrogens (tertiary/aromatic N) is 1. The number of hydrogen-bond acceptors (Lipinski definition) is 3. The van der Waals surface area contributed by atoms with Crippen LogP contribution in [0.2, 0.25) is 15.1 Å². The van der Waals surface area contributed by atoms with Gasteiger partial charge in [-0.2, -0.15) is 4.31 Å². The molecule has 144 valence electrons. The summed E-state index contributed by atoms with van der Waals surface area (Å²) < 4.78 is 27.1. The Labute approximate surface area is 173 Å². The minimum Gasteiger partial charge on any atom is -0.322 e. The molecule has 1 aliphatic rings. The first kappa shape index (κ1) is 20.4. The maximum absolute atomic E-state index is 12.8. The molecule has 2 aromatic carbocycles. The molecule has 0 atom stereocenters. The molecule has 0 saturated carbocycles. The highest BCUT2D eigenvalue weighted by molar-refractivity contribution is 7.89. The summed E-state index contributed by atoms with van der Waals surface area (Å²) in [6.07, 6.45) is 2.67. The summed E-state index contributed by atoms with van der Waals surface area (Å²) in [6, 6.07) is 8.74. The van der Waals surface area contributed by atoms with E-state index in [4.69, 9.17) is 34.8 Å². The Kier molecular flexibility index (Phi) is 6.33. The third-order valence-electron chi connectivity index (χ3n) is 4.26. The van der Waals surface area contributed by atoms with E-state index >= 15 is 0 Å². The largest absolute Gasteiger partial charge is 0.322 e. The van der Waals surface area contributed by atoms with Gasteiger partial charge >= 0.3 is 0 Å². The van der Waals surface area contributed by atoms with Crippen LogP contribution in [-0.4, -0.2) is 31.7 Å². The molecule has 5 nitrogen and oxygen atoms in total. The summed E-state index contributed by atoms with van der Waals surface area (Å²) in [5, 5.41) is 3.52. The molecule has 3 rings (SSSR count). The lowest BCUT2D eigenvalue weighted by Gasteiger charge is -2.26. The topological polar surface area (TPSA) is 66.5 Å². The Morgan fingerprint density at radius 1 is 0.926 bits per heavy atom. The predicted octanol–water partition coefficient (Wildman–Crippen LogP) is 5.07. The number of rotatable bonds is 4. The van der Waals surface area contributed by atoms with Gasteiger partial charge in [0.25, 0.3) is 5.91 Å². The molecule has 0 aromatic heterocycles. The van der Waals surface area contributed by atoms with Crippen LogP contribution in [0.1, 0.15) is 29.6 Å². The number of nitrogens with one attached hydrogen (secondary N) is 1. The molecule has 1 aliphatic heterocycles. The lowest BCUT2D eigenvalue weighted by atomic mass is 10.2. The standard InChI is InChI=1S/C18H17Cl3N2O3S/c19-12-8-13(20)10-14(9-12)22-18(24)16-11-15(4-5-17(16)21)27(25,26)23-6-2-1-3-7-23/h4-5,8-11H,1-3,6-7H2,(H,22,24). The highest BCUT2D eigenvalue weighted by atomic mass is 35.5. The Morgan fingerprint density at radius 2 is 1.56 bits per heavy atom. The van der Waals surface area contributed by atoms with E-state index in [1.165, 1.54) is 40.7 Å². The van der Waals surface area contributed by atoms with Crippen molar-refractivity contribution >= 4 is 56.4 Å². The van der Waals surface area contributed by atoms with Crippen molar-refractivity contribution in [2.24, 2.45) is 0 Å². The molecule has 0 unspecified atom stereocenters. The number of piperidine rings is 1. The van der Waals surface area contributed by atoms with E-state index in [0.29, 0.717) is 28.8 Å². The number of hydrogen-bond donors (Lipinski definition) is 1. The average molecular weight is 448 g/mol. The molecule has 2 aromatic rings. The molecule has 27 heavy (non-hydrogen) atoms. The van der Waals surface area contributed by atoms with Crippen molar-refractivity contribution < 1.29 is 13.2 Å². The second-order valence-corrected chi connectivity index (χ2v) is 9.44. The van der Waals surface area contributed by atoms with E-state index in [1.807, 2.05) is 0 Å². The zero-order valence-electron chi connectivity index (χ0n) is 14.2. The van der Waals surface area contributed by atoms with Gasteiger partial charge in [-0.25, -0.2) is 8.42 Å². The van der Waals surface area contributed by atoms with Gasteiger partial charge in [0.1, 0.15) is 0 Å². The Bertz CT molecular complexity index is 954. The zero-order chi connectivity index (χ0) is 19.6. The van der Waals surface area contributed by atoms with Crippen molar-refractivity contribution in [3.05, 3.63) is 57.0 Å². The van der Waals surface area contributed by atoms with E-state index in [1.54, 1.807) is 0 Å². The second kappa shape index (κ2) is 8.37. The molecular weight excluding hydrogens is 431 g/mol. The molecule has 1 heterocycles. The van der Waals surface area contributed by atoms with Gasteiger partial charge < -0.3 is 5.32 Å². The molecule has 0 radical (unpaired) electrons. The molecule has 1 fully saturated rings. The number of carbonyl (C=O) groups excluding carboxylic acids is 1. The fraction of sp³-hybridized carbons (Fsp3) is 0.278. The highest BCUT2D eigenvalue weighted by Gasteiger charge is 2.27. The highest BCUT2D eigenvalue weighted by Crippen LogP contribution is 2.27. The van der Waals surface area contributed by atoms with Crippen LogP contribution in [0.4, 0.5) is 5.69 Å². The molecule has 1 amide bonds. The van der Waals surface area contributed by atoms with Crippen molar-refractivity contribution in [1.82, 2.24) is 4.31 Å². The molecule has 1 N–H and O–H groups in total. The molecule has 1 saturated heterocycles. The number of halogens is 3. The summed E-state index contributed by atoms with van der Waals surface area (Å²) in [5.41, 5.74) is 0.448. The van der Waals surface area contributed by atoms with Crippen molar-refractivity contribution in [1.29, 1.82) is 0 Å². The molecule has 0 bridgehead atoms. The molecular formula is C18H17Cl3N2O3S. The van der Waals surface area contributed by atoms with Crippen LogP contribution in [0.3, 0.4) is 0 Å². The van der Waals surface area contributed by atoms with Crippen LogP contribution in [0.15, 0.2) is 41.3 Å². The number of sulfonamides is 1. The fourth-order valence-electron chi connectivity index (χ4n) is 2.92. The maximum Gasteiger partial charge on any atom is 0.257 e. The maximum atomic E-state index is 12.8. The van der Waals surface area contributed by atoms with Crippen molar-refractivity contribution in [3.8, 4) is 0 Å². The Hall–Kier alpha value is -1.31. The lowest BCUT2D eigenvalue weighted by Crippen LogP contribution is -2.35. The Balaban J connectivity index is 1.89. The van der Waals surface area contributed by atoms with Crippen molar-refractivity contribution in [2.75, 3.05) is 18.4 Å². The number of anilines is 1. The van der Waals surface area contributed by atoms with E-state index in [-0.39, 0.29) is 15.5 Å². The summed E-state index contributed by atoms with van der Waals surface area (Å²) in [4.78, 5) is 12.7. The van der Waals surface area contributed by atoms with Gasteiger partial charge in [0.15, 0.2) is 0 Å². The molecule has 0 aliphatic carbocycles. The minimum atomic E-state index is -3.67. The van der Waals surface area contributed by atoms with Crippen molar-refractivity contribution in [2.45, 2.75) is 24.2 Å². The van der Waals surface area contributed by atoms with Crippen LogP contribution < -0.4 is 5.32 Å². The lowest BCUT2D eigenvalue weighted by molar-refractivity contribution is 0.102. The summed E-state index contributed by atoms with van der Waals surface area (Å²) >= 11 is 18.0. The van der Waals surface area contributed by atoms with E-state index in [9.17, 15) is 13.2 Å². The first-order valence-electron chi connectivity index (χ1n) is 8.34. The smallest absolute Gasteiger partial charge is 0.257 e. The van der Waals surface area contributed by atoms with Gasteiger partial charge in [-0.1, -0.05) is 41.2 Å². The Morgan fingerprint density at radius 3 is 2.19 bits per heavy atom. The zero-order valence-corrected chi connectivity index (χ0v) is 17.3. The van der Waals surface area contributed by atoms with Gasteiger partial charge in [-0.3, -0.25) is 4.79 Å². The SMILES string of the molecule is O=C(Nc1cc(Cl)cc(Cl)c1)c1cc(S(=O)(=O)N2CCCCC2)ccc1Cl. The van der Waals surface area contributed by atoms with E-state index in [0.717, 1.165) is 19.3 Å². The first-order valence-corrected chi connectivity index (χ1v) is 10.9. The van der Waals surface area contributed by atoms with E-state index < -0.39 is 15.9 Å². The average Bonchev–Trinajstić information content (AvgIpc) is 2.61. The van der Waals surface area contributed by atoms with Gasteiger partial charge in [-0.05, 0) is 49.2 Å². The summed E-state index contributed by atoms with van der Waals surface area (Å²) in [6.45, 7) is 0.959. The van der Waals surface area contributed by atoms with Gasteiger partial charge in [0.05, 0.1) is 15.5 Å². The van der Waals surface area contributed by atoms with Crippen LogP contribution in [0, 0.1) is 0 Å². The second-order valence-electron chi connectivity index (χ2n) is 6.22. The number of amides is 1. The quantitative estimate of drug-likeness (QED) is 0.711. The van der Waals surface area contributed by atoms with Gasteiger partial charge in [0, 0.05) is 28.8 Å². The summed E-state index contributed by atoms with van der Waals surface area (Å²) in [7, 11) is -3.67. The van der Waals surface area contributed by atoms with Crippen LogP contribution >= 0.6 is 34.8 Å². The van der Waals surface area contributed by atoms with Gasteiger partial charge in [0.2, 0.25) is 10.0 Å². The number of carbonyl (C=O) groups is 1.